The van der Waals surface area contributed by atoms with Gasteiger partial charge in [-0.1, -0.05) is 29.8 Å². The molecule has 0 saturated heterocycles. The van der Waals surface area contributed by atoms with Crippen molar-refractivity contribution >= 4 is 23.4 Å². The van der Waals surface area contributed by atoms with Crippen molar-refractivity contribution in [2.24, 2.45) is 0 Å². The first kappa shape index (κ1) is 21.7. The van der Waals surface area contributed by atoms with Crippen molar-refractivity contribution in [2.75, 3.05) is 18.4 Å². The van der Waals surface area contributed by atoms with Gasteiger partial charge in [-0.15, -0.1) is 0 Å². The van der Waals surface area contributed by atoms with Crippen molar-refractivity contribution in [3.63, 3.8) is 0 Å². The lowest BCUT2D eigenvalue weighted by atomic mass is 10.1. The molecule has 0 unspecified atom stereocenters. The SMILES string of the molecule is Cc1ccc(C(=O)Nc2ccc(C(=O)NCCNC(=O)c3ccccc3F)cc2)cc1. The summed E-state index contributed by atoms with van der Waals surface area (Å²) < 4.78 is 13.6. The average Bonchev–Trinajstić information content (AvgIpc) is 2.77. The van der Waals surface area contributed by atoms with Crippen LogP contribution in [0.25, 0.3) is 0 Å². The molecule has 31 heavy (non-hydrogen) atoms. The van der Waals surface area contributed by atoms with Gasteiger partial charge >= 0.3 is 0 Å². The van der Waals surface area contributed by atoms with E-state index in [-0.39, 0.29) is 30.5 Å². The van der Waals surface area contributed by atoms with Crippen LogP contribution in [0.1, 0.15) is 36.6 Å². The summed E-state index contributed by atoms with van der Waals surface area (Å²) in [6.45, 7) is 2.29. The number of carbonyl (C=O) groups is 3. The third-order valence-electron chi connectivity index (χ3n) is 4.53. The Morgan fingerprint density at radius 1 is 0.710 bits per heavy atom. The van der Waals surface area contributed by atoms with Crippen LogP contribution in [0.4, 0.5) is 10.1 Å². The zero-order valence-electron chi connectivity index (χ0n) is 16.9. The summed E-state index contributed by atoms with van der Waals surface area (Å²) in [5.41, 5.74) is 2.55. The lowest BCUT2D eigenvalue weighted by Crippen LogP contribution is -2.35. The predicted molar refractivity (Wildman–Crippen MR) is 117 cm³/mol. The molecule has 0 spiro atoms. The van der Waals surface area contributed by atoms with E-state index in [1.54, 1.807) is 42.5 Å². The molecular weight excluding hydrogens is 397 g/mol. The van der Waals surface area contributed by atoms with Gasteiger partial charge in [0.05, 0.1) is 5.56 Å². The highest BCUT2D eigenvalue weighted by Crippen LogP contribution is 2.12. The van der Waals surface area contributed by atoms with E-state index in [4.69, 9.17) is 0 Å². The van der Waals surface area contributed by atoms with Gasteiger partial charge < -0.3 is 16.0 Å². The van der Waals surface area contributed by atoms with E-state index < -0.39 is 11.7 Å². The van der Waals surface area contributed by atoms with Crippen LogP contribution in [0.3, 0.4) is 0 Å². The second-order valence-electron chi connectivity index (χ2n) is 6.89. The first-order valence-corrected chi connectivity index (χ1v) is 9.73. The molecule has 6 nitrogen and oxygen atoms in total. The first-order chi connectivity index (χ1) is 14.9. The zero-order valence-corrected chi connectivity index (χ0v) is 16.9. The number of anilines is 1. The zero-order chi connectivity index (χ0) is 22.2. The van der Waals surface area contributed by atoms with Gasteiger partial charge in [0, 0.05) is 29.9 Å². The number of nitrogens with one attached hydrogen (secondary N) is 3. The van der Waals surface area contributed by atoms with E-state index in [9.17, 15) is 18.8 Å². The van der Waals surface area contributed by atoms with Crippen molar-refractivity contribution in [1.82, 2.24) is 10.6 Å². The molecule has 0 aromatic heterocycles. The van der Waals surface area contributed by atoms with E-state index in [1.807, 2.05) is 19.1 Å². The summed E-state index contributed by atoms with van der Waals surface area (Å²) in [6, 6.07) is 19.4. The Hall–Kier alpha value is -4.00. The minimum atomic E-state index is -0.599. The van der Waals surface area contributed by atoms with Crippen molar-refractivity contribution < 1.29 is 18.8 Å². The summed E-state index contributed by atoms with van der Waals surface area (Å²) in [7, 11) is 0. The van der Waals surface area contributed by atoms with Gasteiger partial charge in [-0.2, -0.15) is 0 Å². The van der Waals surface area contributed by atoms with Gasteiger partial charge in [0.2, 0.25) is 0 Å². The second kappa shape index (κ2) is 10.2. The van der Waals surface area contributed by atoms with Crippen LogP contribution in [0.15, 0.2) is 72.8 Å². The van der Waals surface area contributed by atoms with Crippen LogP contribution in [-0.4, -0.2) is 30.8 Å². The fourth-order valence-corrected chi connectivity index (χ4v) is 2.81. The molecule has 0 atom stereocenters. The smallest absolute Gasteiger partial charge is 0.255 e. The Morgan fingerprint density at radius 3 is 1.90 bits per heavy atom. The molecule has 0 aliphatic rings. The van der Waals surface area contributed by atoms with E-state index in [1.165, 1.54) is 18.2 Å². The van der Waals surface area contributed by atoms with E-state index >= 15 is 0 Å². The van der Waals surface area contributed by atoms with Crippen LogP contribution in [0.2, 0.25) is 0 Å². The van der Waals surface area contributed by atoms with Crippen LogP contribution in [0.5, 0.6) is 0 Å². The van der Waals surface area contributed by atoms with Gasteiger partial charge in [-0.05, 0) is 55.5 Å². The van der Waals surface area contributed by atoms with Crippen molar-refractivity contribution in [3.8, 4) is 0 Å². The topological polar surface area (TPSA) is 87.3 Å². The second-order valence-corrected chi connectivity index (χ2v) is 6.89. The number of carbonyl (C=O) groups excluding carboxylic acids is 3. The molecule has 3 amide bonds. The van der Waals surface area contributed by atoms with E-state index in [0.717, 1.165) is 5.56 Å². The van der Waals surface area contributed by atoms with Crippen molar-refractivity contribution in [3.05, 3.63) is 101 Å². The number of amides is 3. The third kappa shape index (κ3) is 5.99. The molecule has 7 heteroatoms. The molecule has 158 valence electrons. The largest absolute Gasteiger partial charge is 0.350 e. The number of hydrogen-bond donors (Lipinski definition) is 3. The number of rotatable bonds is 7. The first-order valence-electron chi connectivity index (χ1n) is 9.73. The molecule has 3 aromatic rings. The average molecular weight is 419 g/mol. The Balaban J connectivity index is 1.45. The summed E-state index contributed by atoms with van der Waals surface area (Å²) in [6.07, 6.45) is 0. The quantitative estimate of drug-likeness (QED) is 0.512. The van der Waals surface area contributed by atoms with Gasteiger partial charge in [0.15, 0.2) is 0 Å². The van der Waals surface area contributed by atoms with Crippen LogP contribution in [-0.2, 0) is 0 Å². The molecule has 0 fully saturated rings. The summed E-state index contributed by atoms with van der Waals surface area (Å²) >= 11 is 0. The van der Waals surface area contributed by atoms with E-state index in [0.29, 0.717) is 16.8 Å². The Bertz CT molecular complexity index is 1080. The fraction of sp³-hybridized carbons (Fsp3) is 0.125. The number of aryl methyl sites for hydroxylation is 1. The maximum atomic E-state index is 13.6. The Morgan fingerprint density at radius 2 is 1.26 bits per heavy atom. The molecular formula is C24H22FN3O3. The van der Waals surface area contributed by atoms with E-state index in [2.05, 4.69) is 16.0 Å². The van der Waals surface area contributed by atoms with Gasteiger partial charge in [-0.25, -0.2) is 4.39 Å². The Kier molecular flexibility index (Phi) is 7.11. The molecule has 0 aliphatic heterocycles. The lowest BCUT2D eigenvalue weighted by Gasteiger charge is -2.09. The van der Waals surface area contributed by atoms with Crippen LogP contribution in [0, 0.1) is 12.7 Å². The van der Waals surface area contributed by atoms with Crippen molar-refractivity contribution in [1.29, 1.82) is 0 Å². The molecule has 3 aromatic carbocycles. The lowest BCUT2D eigenvalue weighted by molar-refractivity contribution is 0.0925. The van der Waals surface area contributed by atoms with Gasteiger partial charge in [0.1, 0.15) is 5.82 Å². The molecule has 0 heterocycles. The molecule has 3 rings (SSSR count). The third-order valence-corrected chi connectivity index (χ3v) is 4.53. The molecule has 3 N–H and O–H groups in total. The maximum Gasteiger partial charge on any atom is 0.255 e. The standard InChI is InChI=1S/C24H22FN3O3/c1-16-6-8-18(9-7-16)23(30)28-19-12-10-17(11-13-19)22(29)26-14-15-27-24(31)20-4-2-3-5-21(20)25/h2-13H,14-15H2,1H3,(H,26,29)(H,27,31)(H,28,30). The highest BCUT2D eigenvalue weighted by Gasteiger charge is 2.11. The highest BCUT2D eigenvalue weighted by molar-refractivity contribution is 6.04. The normalized spacial score (nSPS) is 10.3. The summed E-state index contributed by atoms with van der Waals surface area (Å²) in [5, 5.41) is 8.01. The molecule has 0 aliphatic carbocycles. The van der Waals surface area contributed by atoms with Gasteiger partial charge in [-0.3, -0.25) is 14.4 Å². The number of halogens is 1. The van der Waals surface area contributed by atoms with Crippen molar-refractivity contribution in [2.45, 2.75) is 6.92 Å². The molecule has 0 radical (unpaired) electrons. The molecule has 0 bridgehead atoms. The predicted octanol–water partition coefficient (Wildman–Crippen LogP) is 3.55. The number of hydrogen-bond acceptors (Lipinski definition) is 3. The minimum absolute atomic E-state index is 0.0444. The monoisotopic (exact) mass is 419 g/mol. The highest BCUT2D eigenvalue weighted by atomic mass is 19.1. The van der Waals surface area contributed by atoms with Crippen LogP contribution < -0.4 is 16.0 Å². The van der Waals surface area contributed by atoms with Crippen LogP contribution >= 0.6 is 0 Å². The summed E-state index contributed by atoms with van der Waals surface area (Å²) in [4.78, 5) is 36.4. The number of benzene rings is 3. The Labute approximate surface area is 179 Å². The summed E-state index contributed by atoms with van der Waals surface area (Å²) in [5.74, 6) is -1.70. The van der Waals surface area contributed by atoms with Gasteiger partial charge in [0.25, 0.3) is 17.7 Å². The minimum Gasteiger partial charge on any atom is -0.350 e. The fourth-order valence-electron chi connectivity index (χ4n) is 2.81. The maximum absolute atomic E-state index is 13.6. The molecule has 0 saturated carbocycles.